The van der Waals surface area contributed by atoms with Crippen LogP contribution in [0, 0.1) is 6.92 Å². The third-order valence-corrected chi connectivity index (χ3v) is 8.18. The van der Waals surface area contributed by atoms with E-state index in [2.05, 4.69) is 20.2 Å². The second-order valence-electron chi connectivity index (χ2n) is 7.78. The molecule has 10 heteroatoms. The number of nitrogens with zero attached hydrogens (tertiary/aromatic N) is 2. The molecule has 2 aromatic carbocycles. The number of benzene rings is 2. The molecule has 0 radical (unpaired) electrons. The number of sulfonamides is 1. The molecule has 0 unspecified atom stereocenters. The van der Waals surface area contributed by atoms with Gasteiger partial charge < -0.3 is 4.74 Å². The summed E-state index contributed by atoms with van der Waals surface area (Å²) in [5.41, 5.74) is 2.14. The Balaban J connectivity index is 1.47. The summed E-state index contributed by atoms with van der Waals surface area (Å²) in [6.07, 6.45) is 1.43. The molecular weight excluding hydrogens is 448 g/mol. The van der Waals surface area contributed by atoms with Gasteiger partial charge in [0, 0.05) is 30.7 Å². The number of rotatable bonds is 7. The average Bonchev–Trinajstić information content (AvgIpc) is 3.28. The summed E-state index contributed by atoms with van der Waals surface area (Å²) in [4.78, 5) is 12.4. The molecule has 0 aliphatic carbocycles. The van der Waals surface area contributed by atoms with Crippen LogP contribution >= 0.6 is 11.3 Å². The van der Waals surface area contributed by atoms with E-state index in [4.69, 9.17) is 4.74 Å². The number of carbonyl (C=O) groups excluding carboxylic acids is 1. The molecule has 1 aliphatic rings. The molecule has 2 heterocycles. The Kier molecular flexibility index (Phi) is 6.66. The topological polar surface area (TPSA) is 110 Å². The SMILES string of the molecule is Cc1cccc(C(=O)Nc2nnc(S(=O)(=O)NCC3(c4ccccc4)CCOCC3)s2)c1. The molecule has 168 valence electrons. The molecule has 1 aromatic heterocycles. The second-order valence-corrected chi connectivity index (χ2v) is 10.7. The summed E-state index contributed by atoms with van der Waals surface area (Å²) in [7, 11) is -3.89. The van der Waals surface area contributed by atoms with Crippen molar-refractivity contribution in [2.24, 2.45) is 0 Å². The first-order valence-corrected chi connectivity index (χ1v) is 12.5. The number of carbonyl (C=O) groups is 1. The van der Waals surface area contributed by atoms with Crippen molar-refractivity contribution in [2.45, 2.75) is 29.5 Å². The number of hydrogen-bond acceptors (Lipinski definition) is 7. The van der Waals surface area contributed by atoms with E-state index in [-0.39, 0.29) is 27.3 Å². The Morgan fingerprint density at radius 3 is 2.56 bits per heavy atom. The highest BCUT2D eigenvalue weighted by Crippen LogP contribution is 2.34. The van der Waals surface area contributed by atoms with Crippen LogP contribution < -0.4 is 10.0 Å². The van der Waals surface area contributed by atoms with Crippen molar-refractivity contribution in [1.82, 2.24) is 14.9 Å². The first-order chi connectivity index (χ1) is 15.4. The van der Waals surface area contributed by atoms with Gasteiger partial charge in [-0.05, 0) is 37.5 Å². The first-order valence-electron chi connectivity index (χ1n) is 10.2. The van der Waals surface area contributed by atoms with Crippen LogP contribution in [0.1, 0.15) is 34.3 Å². The molecule has 3 aromatic rings. The second kappa shape index (κ2) is 9.45. The van der Waals surface area contributed by atoms with Gasteiger partial charge in [0.15, 0.2) is 0 Å². The quantitative estimate of drug-likeness (QED) is 0.511. The predicted octanol–water partition coefficient (Wildman–Crippen LogP) is 3.13. The summed E-state index contributed by atoms with van der Waals surface area (Å²) in [6, 6.07) is 17.0. The van der Waals surface area contributed by atoms with Crippen LogP contribution in [0.15, 0.2) is 58.9 Å². The molecule has 1 aliphatic heterocycles. The number of ether oxygens (including phenoxy) is 1. The minimum absolute atomic E-state index is 0.126. The van der Waals surface area contributed by atoms with Gasteiger partial charge in [0.25, 0.3) is 15.9 Å². The van der Waals surface area contributed by atoms with Gasteiger partial charge in [-0.3, -0.25) is 10.1 Å². The van der Waals surface area contributed by atoms with Crippen molar-refractivity contribution in [3.05, 3.63) is 71.3 Å². The van der Waals surface area contributed by atoms with Gasteiger partial charge in [-0.2, -0.15) is 0 Å². The third-order valence-electron chi connectivity index (χ3n) is 5.57. The predicted molar refractivity (Wildman–Crippen MR) is 122 cm³/mol. The number of nitrogens with one attached hydrogen (secondary N) is 2. The molecule has 8 nitrogen and oxygen atoms in total. The summed E-state index contributed by atoms with van der Waals surface area (Å²) in [5, 5.41) is 10.4. The molecule has 0 atom stereocenters. The molecule has 1 saturated heterocycles. The normalized spacial score (nSPS) is 15.9. The van der Waals surface area contributed by atoms with Crippen LogP contribution in [-0.2, 0) is 20.2 Å². The molecule has 32 heavy (non-hydrogen) atoms. The van der Waals surface area contributed by atoms with E-state index in [1.54, 1.807) is 18.2 Å². The Morgan fingerprint density at radius 1 is 1.09 bits per heavy atom. The molecule has 2 N–H and O–H groups in total. The molecular formula is C22H24N4O4S2. The molecule has 0 bridgehead atoms. The number of anilines is 1. The van der Waals surface area contributed by atoms with Crippen LogP contribution in [-0.4, -0.2) is 44.3 Å². The maximum atomic E-state index is 12.9. The smallest absolute Gasteiger partial charge is 0.269 e. The summed E-state index contributed by atoms with van der Waals surface area (Å²) < 4.78 is 33.9. The molecule has 4 rings (SSSR count). The Hall–Kier alpha value is -2.66. The van der Waals surface area contributed by atoms with Gasteiger partial charge in [-0.25, -0.2) is 13.1 Å². The zero-order chi connectivity index (χ0) is 22.6. The number of hydrogen-bond donors (Lipinski definition) is 2. The number of aryl methyl sites for hydroxylation is 1. The minimum Gasteiger partial charge on any atom is -0.381 e. The Morgan fingerprint density at radius 2 is 1.84 bits per heavy atom. The van der Waals surface area contributed by atoms with E-state index in [0.717, 1.165) is 22.5 Å². The van der Waals surface area contributed by atoms with Crippen LogP contribution in [0.2, 0.25) is 0 Å². The van der Waals surface area contributed by atoms with E-state index in [1.165, 1.54) is 0 Å². The van der Waals surface area contributed by atoms with Crippen molar-refractivity contribution in [3.63, 3.8) is 0 Å². The van der Waals surface area contributed by atoms with Gasteiger partial charge in [0.05, 0.1) is 0 Å². The van der Waals surface area contributed by atoms with E-state index in [9.17, 15) is 13.2 Å². The van der Waals surface area contributed by atoms with Gasteiger partial charge in [0.1, 0.15) is 0 Å². The van der Waals surface area contributed by atoms with E-state index < -0.39 is 10.0 Å². The zero-order valence-corrected chi connectivity index (χ0v) is 19.2. The number of amides is 1. The lowest BCUT2D eigenvalue weighted by molar-refractivity contribution is 0.0517. The highest BCUT2D eigenvalue weighted by atomic mass is 32.2. The van der Waals surface area contributed by atoms with Crippen molar-refractivity contribution in [1.29, 1.82) is 0 Å². The fourth-order valence-electron chi connectivity index (χ4n) is 3.74. The Labute approximate surface area is 191 Å². The van der Waals surface area contributed by atoms with E-state index in [1.807, 2.05) is 43.3 Å². The van der Waals surface area contributed by atoms with Crippen molar-refractivity contribution in [3.8, 4) is 0 Å². The van der Waals surface area contributed by atoms with Crippen LogP contribution in [0.4, 0.5) is 5.13 Å². The van der Waals surface area contributed by atoms with E-state index in [0.29, 0.717) is 31.6 Å². The monoisotopic (exact) mass is 472 g/mol. The summed E-state index contributed by atoms with van der Waals surface area (Å²) in [5.74, 6) is -0.369. The van der Waals surface area contributed by atoms with Crippen LogP contribution in [0.25, 0.3) is 0 Å². The van der Waals surface area contributed by atoms with Crippen molar-refractivity contribution >= 4 is 32.4 Å². The van der Waals surface area contributed by atoms with Crippen LogP contribution in [0.5, 0.6) is 0 Å². The maximum absolute atomic E-state index is 12.9. The molecule has 0 saturated carbocycles. The number of aromatic nitrogens is 2. The average molecular weight is 473 g/mol. The van der Waals surface area contributed by atoms with Gasteiger partial charge in [-0.15, -0.1) is 10.2 Å². The standard InChI is InChI=1S/C22H24N4O4S2/c1-16-6-5-7-17(14-16)19(27)24-20-25-26-21(31-20)32(28,29)23-15-22(10-12-30-13-11-22)18-8-3-2-4-9-18/h2-9,14,23H,10-13,15H2,1H3,(H,24,25,27). The van der Waals surface area contributed by atoms with Crippen molar-refractivity contribution in [2.75, 3.05) is 25.1 Å². The Bertz CT molecular complexity index is 1190. The lowest BCUT2D eigenvalue weighted by Crippen LogP contribution is -2.44. The summed E-state index contributed by atoms with van der Waals surface area (Å²) >= 11 is 0.819. The highest BCUT2D eigenvalue weighted by Gasteiger charge is 2.36. The van der Waals surface area contributed by atoms with Crippen LogP contribution in [0.3, 0.4) is 0 Å². The fraction of sp³-hybridized carbons (Fsp3) is 0.318. The molecule has 1 fully saturated rings. The lowest BCUT2D eigenvalue weighted by Gasteiger charge is -2.37. The largest absolute Gasteiger partial charge is 0.381 e. The minimum atomic E-state index is -3.89. The van der Waals surface area contributed by atoms with Gasteiger partial charge >= 0.3 is 0 Å². The van der Waals surface area contributed by atoms with Crippen molar-refractivity contribution < 1.29 is 17.9 Å². The first kappa shape index (κ1) is 22.5. The zero-order valence-electron chi connectivity index (χ0n) is 17.6. The maximum Gasteiger partial charge on any atom is 0.269 e. The van der Waals surface area contributed by atoms with E-state index >= 15 is 0 Å². The van der Waals surface area contributed by atoms with Gasteiger partial charge in [0.2, 0.25) is 9.47 Å². The molecule has 1 amide bonds. The molecule has 0 spiro atoms. The highest BCUT2D eigenvalue weighted by molar-refractivity contribution is 7.91. The summed E-state index contributed by atoms with van der Waals surface area (Å²) in [6.45, 7) is 3.27. The fourth-order valence-corrected chi connectivity index (χ4v) is 5.80. The lowest BCUT2D eigenvalue weighted by atomic mass is 9.74. The van der Waals surface area contributed by atoms with Gasteiger partial charge in [-0.1, -0.05) is 59.4 Å². The third kappa shape index (κ3) is 5.04.